The molecule has 1 aromatic heterocycles. The van der Waals surface area contributed by atoms with E-state index < -0.39 is 0 Å². The fourth-order valence-corrected chi connectivity index (χ4v) is 5.15. The van der Waals surface area contributed by atoms with Crippen LogP contribution in [0.15, 0.2) is 85.6 Å². The van der Waals surface area contributed by atoms with Crippen molar-refractivity contribution in [1.29, 1.82) is 0 Å². The number of ketones is 1. The number of anilines is 3. The number of hydrogen-bond donors (Lipinski definition) is 1. The summed E-state index contributed by atoms with van der Waals surface area (Å²) < 4.78 is 13.9. The van der Waals surface area contributed by atoms with Gasteiger partial charge in [-0.15, -0.1) is 0 Å². The number of allylic oxidation sites excluding steroid dienone is 1. The molecular formula is C32H30ClFN4O. The van der Waals surface area contributed by atoms with Crippen LogP contribution in [0.5, 0.6) is 0 Å². The first-order valence-electron chi connectivity index (χ1n) is 13.1. The molecule has 3 aromatic carbocycles. The van der Waals surface area contributed by atoms with Gasteiger partial charge in [0.1, 0.15) is 5.82 Å². The van der Waals surface area contributed by atoms with Crippen molar-refractivity contribution < 1.29 is 9.18 Å². The molecule has 1 aliphatic rings. The molecule has 2 heterocycles. The van der Waals surface area contributed by atoms with Crippen molar-refractivity contribution in [2.75, 3.05) is 23.3 Å². The fourth-order valence-electron chi connectivity index (χ4n) is 4.91. The lowest BCUT2D eigenvalue weighted by Gasteiger charge is -2.30. The van der Waals surface area contributed by atoms with Gasteiger partial charge in [-0.1, -0.05) is 48.5 Å². The first-order chi connectivity index (χ1) is 19.0. The Kier molecular flexibility index (Phi) is 8.33. The molecule has 1 saturated heterocycles. The maximum absolute atomic E-state index is 13.9. The first kappa shape index (κ1) is 26.6. The van der Waals surface area contributed by atoms with E-state index in [2.05, 4.69) is 21.8 Å². The monoisotopic (exact) mass is 540 g/mol. The quantitative estimate of drug-likeness (QED) is 0.222. The van der Waals surface area contributed by atoms with Crippen molar-refractivity contribution >= 4 is 34.7 Å². The van der Waals surface area contributed by atoms with Crippen LogP contribution in [0.3, 0.4) is 0 Å². The Morgan fingerprint density at radius 2 is 1.82 bits per heavy atom. The summed E-state index contributed by atoms with van der Waals surface area (Å²) in [6.07, 6.45) is 7.39. The molecule has 0 atom stereocenters. The van der Waals surface area contributed by atoms with Gasteiger partial charge in [-0.2, -0.15) is 0 Å². The van der Waals surface area contributed by atoms with E-state index in [0.717, 1.165) is 70.3 Å². The van der Waals surface area contributed by atoms with Crippen LogP contribution in [0.25, 0.3) is 11.3 Å². The van der Waals surface area contributed by atoms with Gasteiger partial charge in [0, 0.05) is 48.9 Å². The highest BCUT2D eigenvalue weighted by molar-refractivity contribution is 6.33. The Morgan fingerprint density at radius 1 is 1.03 bits per heavy atom. The van der Waals surface area contributed by atoms with E-state index in [1.54, 1.807) is 12.3 Å². The second kappa shape index (κ2) is 12.2. The summed E-state index contributed by atoms with van der Waals surface area (Å²) in [5.74, 6) is 0.0994. The number of aromatic nitrogens is 2. The van der Waals surface area contributed by atoms with Crippen molar-refractivity contribution in [3.8, 4) is 11.3 Å². The smallest absolute Gasteiger partial charge is 0.227 e. The van der Waals surface area contributed by atoms with E-state index in [0.29, 0.717) is 12.4 Å². The molecule has 0 unspecified atom stereocenters. The van der Waals surface area contributed by atoms with Gasteiger partial charge in [0.2, 0.25) is 5.95 Å². The minimum absolute atomic E-state index is 0.0515. The average molecular weight is 541 g/mol. The van der Waals surface area contributed by atoms with Gasteiger partial charge < -0.3 is 10.2 Å². The largest absolute Gasteiger partial charge is 0.370 e. The number of benzene rings is 3. The van der Waals surface area contributed by atoms with Crippen molar-refractivity contribution in [3.05, 3.63) is 113 Å². The molecule has 0 saturated carbocycles. The number of nitrogens with zero attached hydrogens (tertiary/aromatic N) is 3. The summed E-state index contributed by atoms with van der Waals surface area (Å²) in [4.78, 5) is 23.8. The highest BCUT2D eigenvalue weighted by atomic mass is 35.5. The molecule has 1 fully saturated rings. The second-order valence-electron chi connectivity index (χ2n) is 9.76. The van der Waals surface area contributed by atoms with Crippen LogP contribution in [-0.4, -0.2) is 28.8 Å². The number of hydrogen-bond acceptors (Lipinski definition) is 5. The summed E-state index contributed by atoms with van der Waals surface area (Å²) >= 11 is 6.55. The number of rotatable bonds is 9. The molecule has 5 nitrogen and oxygen atoms in total. The molecule has 0 spiro atoms. The summed E-state index contributed by atoms with van der Waals surface area (Å²) in [5, 5.41) is 4.06. The lowest BCUT2D eigenvalue weighted by molar-refractivity contribution is -0.114. The van der Waals surface area contributed by atoms with Gasteiger partial charge in [-0.25, -0.2) is 14.4 Å². The standard InChI is InChI=1S/C32H30ClFN4O/c1-2-28(39)19-23-8-6-10-24(16-23)31-25(17-22-9-7-11-26(34)18-22)21-35-32(37-31)36-27-12-13-29(33)30(20-27)38-14-4-3-5-15-38/h2,6-13,16,18,20-21H,1,3-5,14-15,17,19H2,(H,35,36,37). The molecule has 0 aliphatic carbocycles. The van der Waals surface area contributed by atoms with Crippen LogP contribution in [0, 0.1) is 5.82 Å². The SMILES string of the molecule is C=CC(=O)Cc1cccc(-c2nc(Nc3ccc(Cl)c(N4CCCCC4)c3)ncc2Cc2cccc(F)c2)c1. The maximum atomic E-state index is 13.9. The molecule has 7 heteroatoms. The van der Waals surface area contributed by atoms with Crippen molar-refractivity contribution in [1.82, 2.24) is 9.97 Å². The van der Waals surface area contributed by atoms with Crippen molar-refractivity contribution in [2.45, 2.75) is 32.1 Å². The Morgan fingerprint density at radius 3 is 2.62 bits per heavy atom. The molecule has 1 N–H and O–H groups in total. The number of nitrogens with one attached hydrogen (secondary N) is 1. The molecule has 39 heavy (non-hydrogen) atoms. The van der Waals surface area contributed by atoms with Gasteiger partial charge in [0.05, 0.1) is 16.4 Å². The highest BCUT2D eigenvalue weighted by Crippen LogP contribution is 2.33. The van der Waals surface area contributed by atoms with Gasteiger partial charge in [-0.05, 0) is 72.9 Å². The van der Waals surface area contributed by atoms with E-state index in [9.17, 15) is 9.18 Å². The summed E-state index contributed by atoms with van der Waals surface area (Å²) in [6.45, 7) is 5.56. The van der Waals surface area contributed by atoms with E-state index in [1.165, 1.54) is 24.6 Å². The number of carbonyl (C=O) groups is 1. The molecule has 5 rings (SSSR count). The van der Waals surface area contributed by atoms with E-state index in [-0.39, 0.29) is 18.0 Å². The Labute approximate surface area is 233 Å². The zero-order chi connectivity index (χ0) is 27.2. The highest BCUT2D eigenvalue weighted by Gasteiger charge is 2.16. The number of carbonyl (C=O) groups excluding carboxylic acids is 1. The molecule has 0 radical (unpaired) electrons. The lowest BCUT2D eigenvalue weighted by Crippen LogP contribution is -2.29. The molecule has 4 aromatic rings. The first-order valence-corrected chi connectivity index (χ1v) is 13.5. The third kappa shape index (κ3) is 6.70. The topological polar surface area (TPSA) is 58.1 Å². The van der Waals surface area contributed by atoms with Crippen LogP contribution in [-0.2, 0) is 17.6 Å². The summed E-state index contributed by atoms with van der Waals surface area (Å²) in [6, 6.07) is 20.1. The zero-order valence-corrected chi connectivity index (χ0v) is 22.4. The average Bonchev–Trinajstić information content (AvgIpc) is 2.95. The Balaban J connectivity index is 1.49. The van der Waals surface area contributed by atoms with Crippen LogP contribution < -0.4 is 10.2 Å². The summed E-state index contributed by atoms with van der Waals surface area (Å²) in [5.41, 5.74) is 5.95. The maximum Gasteiger partial charge on any atom is 0.227 e. The van der Waals surface area contributed by atoms with Crippen molar-refractivity contribution in [3.63, 3.8) is 0 Å². The summed E-state index contributed by atoms with van der Waals surface area (Å²) in [7, 11) is 0. The third-order valence-electron chi connectivity index (χ3n) is 6.85. The molecule has 0 bridgehead atoms. The Bertz CT molecular complexity index is 1500. The predicted octanol–water partition coefficient (Wildman–Crippen LogP) is 7.56. The Hall–Kier alpha value is -4.03. The van der Waals surface area contributed by atoms with E-state index in [4.69, 9.17) is 16.6 Å². The second-order valence-corrected chi connectivity index (χ2v) is 10.2. The van der Waals surface area contributed by atoms with Gasteiger partial charge in [0.15, 0.2) is 5.78 Å². The van der Waals surface area contributed by atoms with Crippen LogP contribution in [0.2, 0.25) is 5.02 Å². The third-order valence-corrected chi connectivity index (χ3v) is 7.17. The molecule has 198 valence electrons. The predicted molar refractivity (Wildman–Crippen MR) is 156 cm³/mol. The van der Waals surface area contributed by atoms with Gasteiger partial charge in [-0.3, -0.25) is 4.79 Å². The minimum Gasteiger partial charge on any atom is -0.370 e. The molecule has 1 aliphatic heterocycles. The van der Waals surface area contributed by atoms with Gasteiger partial charge >= 0.3 is 0 Å². The molecular weight excluding hydrogens is 511 g/mol. The minimum atomic E-state index is -0.287. The number of piperidine rings is 1. The van der Waals surface area contributed by atoms with E-state index in [1.807, 2.05) is 48.5 Å². The van der Waals surface area contributed by atoms with E-state index >= 15 is 0 Å². The zero-order valence-electron chi connectivity index (χ0n) is 21.7. The number of halogens is 2. The molecule has 0 amide bonds. The van der Waals surface area contributed by atoms with Crippen molar-refractivity contribution in [2.24, 2.45) is 0 Å². The fraction of sp³-hybridized carbons (Fsp3) is 0.219. The van der Waals surface area contributed by atoms with Crippen LogP contribution in [0.4, 0.5) is 21.7 Å². The lowest BCUT2D eigenvalue weighted by atomic mass is 9.98. The van der Waals surface area contributed by atoms with Crippen LogP contribution in [0.1, 0.15) is 36.0 Å². The van der Waals surface area contributed by atoms with Crippen LogP contribution >= 0.6 is 11.6 Å². The van der Waals surface area contributed by atoms with Gasteiger partial charge in [0.25, 0.3) is 0 Å². The normalized spacial score (nSPS) is 13.2.